The van der Waals surface area contributed by atoms with Crippen molar-refractivity contribution >= 4 is 12.6 Å². The lowest BCUT2D eigenvalue weighted by atomic mass is 9.80. The van der Waals surface area contributed by atoms with E-state index in [0.717, 1.165) is 18.8 Å². The molecule has 1 aromatic rings. The van der Waals surface area contributed by atoms with Crippen LogP contribution in [0.1, 0.15) is 84.0 Å². The van der Waals surface area contributed by atoms with Crippen LogP contribution in [0.3, 0.4) is 0 Å². The Kier molecular flexibility index (Phi) is 12.6. The lowest BCUT2D eigenvalue weighted by Gasteiger charge is -2.07. The Hall–Kier alpha value is -0.995. The molecule has 2 N–H and O–H groups in total. The monoisotopic (exact) mass is 334 g/mol. The van der Waals surface area contributed by atoms with Crippen LogP contribution < -0.4 is 10.2 Å². The minimum absolute atomic E-state index is 0.493. The number of rotatable bonds is 15. The number of unbranched alkanes of at least 4 members (excludes halogenated alkanes) is 11. The summed E-state index contributed by atoms with van der Waals surface area (Å²) in [5, 5.41) is 18.1. The third-order valence-corrected chi connectivity index (χ3v) is 4.44. The molecule has 24 heavy (non-hydrogen) atoms. The van der Waals surface area contributed by atoms with Gasteiger partial charge in [-0.1, -0.05) is 89.7 Å². The third kappa shape index (κ3) is 10.7. The van der Waals surface area contributed by atoms with Crippen molar-refractivity contribution in [1.29, 1.82) is 0 Å². The highest BCUT2D eigenvalue weighted by Gasteiger charge is 2.09. The van der Waals surface area contributed by atoms with E-state index >= 15 is 0 Å². The van der Waals surface area contributed by atoms with Gasteiger partial charge in [-0.2, -0.15) is 0 Å². The zero-order valence-corrected chi connectivity index (χ0v) is 15.4. The summed E-state index contributed by atoms with van der Waals surface area (Å²) < 4.78 is 5.67. The van der Waals surface area contributed by atoms with Crippen LogP contribution in [0.2, 0.25) is 0 Å². The van der Waals surface area contributed by atoms with Gasteiger partial charge in [0.05, 0.1) is 6.61 Å². The summed E-state index contributed by atoms with van der Waals surface area (Å²) in [4.78, 5) is 0. The van der Waals surface area contributed by atoms with Crippen LogP contribution in [0.5, 0.6) is 5.75 Å². The average molecular weight is 334 g/mol. The first-order chi connectivity index (χ1) is 11.7. The van der Waals surface area contributed by atoms with Crippen LogP contribution in [0.25, 0.3) is 0 Å². The van der Waals surface area contributed by atoms with Crippen molar-refractivity contribution in [3.8, 4) is 5.75 Å². The van der Waals surface area contributed by atoms with Gasteiger partial charge in [0.15, 0.2) is 0 Å². The Bertz CT molecular complexity index is 392. The smallest absolute Gasteiger partial charge is 0.488 e. The fraction of sp³-hybridized carbons (Fsp3) is 0.700. The third-order valence-electron chi connectivity index (χ3n) is 4.44. The van der Waals surface area contributed by atoms with E-state index in [4.69, 9.17) is 14.8 Å². The average Bonchev–Trinajstić information content (AvgIpc) is 2.59. The molecule has 1 aromatic carbocycles. The van der Waals surface area contributed by atoms with Crippen molar-refractivity contribution in [3.05, 3.63) is 24.3 Å². The molecule has 0 heterocycles. The molecule has 0 radical (unpaired) electrons. The Morgan fingerprint density at radius 2 is 1.17 bits per heavy atom. The van der Waals surface area contributed by atoms with Crippen LogP contribution in [0.4, 0.5) is 0 Å². The van der Waals surface area contributed by atoms with Crippen molar-refractivity contribution in [2.24, 2.45) is 0 Å². The SMILES string of the molecule is CCCCCCCCCCCCCCOc1ccc(B(O)O)cc1. The Morgan fingerprint density at radius 3 is 1.62 bits per heavy atom. The van der Waals surface area contributed by atoms with Crippen molar-refractivity contribution in [2.45, 2.75) is 84.0 Å². The summed E-state index contributed by atoms with van der Waals surface area (Å²) in [7, 11) is -1.41. The lowest BCUT2D eigenvalue weighted by Crippen LogP contribution is -2.29. The molecule has 0 saturated heterocycles. The van der Waals surface area contributed by atoms with E-state index in [1.54, 1.807) is 24.3 Å². The molecule has 0 fully saturated rings. The Labute approximate surface area is 148 Å². The molecule has 0 aliphatic carbocycles. The topological polar surface area (TPSA) is 49.7 Å². The number of benzene rings is 1. The molecule has 0 atom stereocenters. The Balaban J connectivity index is 1.87. The second-order valence-corrected chi connectivity index (χ2v) is 6.68. The zero-order chi connectivity index (χ0) is 17.5. The molecular formula is C20H35BO3. The normalized spacial score (nSPS) is 10.8. The van der Waals surface area contributed by atoms with Crippen LogP contribution >= 0.6 is 0 Å². The largest absolute Gasteiger partial charge is 0.494 e. The first-order valence-corrected chi connectivity index (χ1v) is 9.83. The molecule has 136 valence electrons. The highest BCUT2D eigenvalue weighted by atomic mass is 16.5. The first kappa shape index (κ1) is 21.0. The predicted molar refractivity (Wildman–Crippen MR) is 103 cm³/mol. The zero-order valence-electron chi connectivity index (χ0n) is 15.4. The Morgan fingerprint density at radius 1 is 0.708 bits per heavy atom. The van der Waals surface area contributed by atoms with E-state index in [9.17, 15) is 0 Å². The molecule has 3 nitrogen and oxygen atoms in total. The van der Waals surface area contributed by atoms with Gasteiger partial charge >= 0.3 is 7.12 Å². The second kappa shape index (κ2) is 14.4. The molecule has 0 bridgehead atoms. The van der Waals surface area contributed by atoms with Gasteiger partial charge in [0, 0.05) is 0 Å². The summed E-state index contributed by atoms with van der Waals surface area (Å²) in [6.07, 6.45) is 16.1. The summed E-state index contributed by atoms with van der Waals surface area (Å²) in [5.74, 6) is 0.794. The van der Waals surface area contributed by atoms with E-state index in [2.05, 4.69) is 6.92 Å². The second-order valence-electron chi connectivity index (χ2n) is 6.68. The van der Waals surface area contributed by atoms with E-state index in [-0.39, 0.29) is 0 Å². The maximum absolute atomic E-state index is 9.03. The molecule has 1 rings (SSSR count). The van der Waals surface area contributed by atoms with Gasteiger partial charge in [-0.05, 0) is 24.0 Å². The number of hydrogen-bond donors (Lipinski definition) is 2. The minimum Gasteiger partial charge on any atom is -0.494 e. The summed E-state index contributed by atoms with van der Waals surface area (Å²) >= 11 is 0. The molecule has 0 saturated carbocycles. The number of ether oxygens (including phenoxy) is 1. The van der Waals surface area contributed by atoms with Crippen molar-refractivity contribution in [3.63, 3.8) is 0 Å². The standard InChI is InChI=1S/C20H35BO3/c1-2-3-4-5-6-7-8-9-10-11-12-13-18-24-20-16-14-19(15-17-20)21(22)23/h14-17,22-23H,2-13,18H2,1H3. The summed E-state index contributed by atoms with van der Waals surface area (Å²) in [5.41, 5.74) is 0.493. The van der Waals surface area contributed by atoms with Crippen molar-refractivity contribution in [1.82, 2.24) is 0 Å². The molecule has 0 unspecified atom stereocenters. The van der Waals surface area contributed by atoms with Crippen molar-refractivity contribution in [2.75, 3.05) is 6.61 Å². The van der Waals surface area contributed by atoms with Gasteiger partial charge in [-0.3, -0.25) is 0 Å². The fourth-order valence-corrected chi connectivity index (χ4v) is 2.87. The van der Waals surface area contributed by atoms with Gasteiger partial charge in [-0.25, -0.2) is 0 Å². The van der Waals surface area contributed by atoms with E-state index in [1.165, 1.54) is 70.6 Å². The summed E-state index contributed by atoms with van der Waals surface area (Å²) in [6, 6.07) is 6.94. The maximum Gasteiger partial charge on any atom is 0.488 e. The van der Waals surface area contributed by atoms with Gasteiger partial charge < -0.3 is 14.8 Å². The fourth-order valence-electron chi connectivity index (χ4n) is 2.87. The van der Waals surface area contributed by atoms with Gasteiger partial charge in [-0.15, -0.1) is 0 Å². The molecule has 0 aliphatic rings. The van der Waals surface area contributed by atoms with E-state index in [0.29, 0.717) is 5.46 Å². The van der Waals surface area contributed by atoms with E-state index in [1.807, 2.05) is 0 Å². The molecule has 4 heteroatoms. The highest BCUT2D eigenvalue weighted by molar-refractivity contribution is 6.58. The molecule has 0 amide bonds. The molecular weight excluding hydrogens is 299 g/mol. The van der Waals surface area contributed by atoms with E-state index < -0.39 is 7.12 Å². The van der Waals surface area contributed by atoms with Crippen LogP contribution in [0.15, 0.2) is 24.3 Å². The molecule has 0 aromatic heterocycles. The number of hydrogen-bond acceptors (Lipinski definition) is 3. The summed E-state index contributed by atoms with van der Waals surface area (Å²) in [6.45, 7) is 3.00. The van der Waals surface area contributed by atoms with Gasteiger partial charge in [0.25, 0.3) is 0 Å². The van der Waals surface area contributed by atoms with Gasteiger partial charge in [0.1, 0.15) is 5.75 Å². The highest BCUT2D eigenvalue weighted by Crippen LogP contribution is 2.13. The van der Waals surface area contributed by atoms with Crippen LogP contribution in [-0.2, 0) is 0 Å². The van der Waals surface area contributed by atoms with Crippen molar-refractivity contribution < 1.29 is 14.8 Å². The van der Waals surface area contributed by atoms with Crippen LogP contribution in [0, 0.1) is 0 Å². The maximum atomic E-state index is 9.03. The first-order valence-electron chi connectivity index (χ1n) is 9.83. The predicted octanol–water partition coefficient (Wildman–Crippen LogP) is 4.45. The van der Waals surface area contributed by atoms with Gasteiger partial charge in [0.2, 0.25) is 0 Å². The van der Waals surface area contributed by atoms with Crippen LogP contribution in [-0.4, -0.2) is 23.8 Å². The quantitative estimate of drug-likeness (QED) is 0.368. The molecule has 0 aliphatic heterocycles. The minimum atomic E-state index is -1.41. The molecule has 0 spiro atoms. The lowest BCUT2D eigenvalue weighted by molar-refractivity contribution is 0.304.